The zero-order valence-corrected chi connectivity index (χ0v) is 11.9. The number of rotatable bonds is 8. The lowest BCUT2D eigenvalue weighted by Crippen LogP contribution is -2.41. The average Bonchev–Trinajstić information content (AvgIpc) is 2.29. The summed E-state index contributed by atoms with van der Waals surface area (Å²) in [6.07, 6.45) is 4.34. The Balaban J connectivity index is 3.97. The molecule has 0 saturated carbocycles. The summed E-state index contributed by atoms with van der Waals surface area (Å²) in [5.74, 6) is -0.0194. The minimum atomic E-state index is -0.0194. The van der Waals surface area contributed by atoms with Crippen LogP contribution in [-0.2, 0) is 9.53 Å². The van der Waals surface area contributed by atoms with Crippen molar-refractivity contribution in [3.05, 3.63) is 0 Å². The van der Waals surface area contributed by atoms with Gasteiger partial charge in [0.1, 0.15) is 6.61 Å². The lowest BCUT2D eigenvalue weighted by Gasteiger charge is -2.29. The van der Waals surface area contributed by atoms with Crippen LogP contribution in [0.1, 0.15) is 40.5 Å². The van der Waals surface area contributed by atoms with Crippen LogP contribution in [0.5, 0.6) is 0 Å². The van der Waals surface area contributed by atoms with E-state index in [4.69, 9.17) is 4.74 Å². The number of thioether (sulfide) groups is 1. The van der Waals surface area contributed by atoms with E-state index in [1.807, 2.05) is 25.6 Å². The fraction of sp³-hybridized carbons (Fsp3) is 0.917. The van der Waals surface area contributed by atoms with Gasteiger partial charge in [0.15, 0.2) is 0 Å². The molecule has 0 aromatic heterocycles. The zero-order valence-electron chi connectivity index (χ0n) is 11.1. The highest BCUT2D eigenvalue weighted by atomic mass is 32.2. The summed E-state index contributed by atoms with van der Waals surface area (Å²) in [6, 6.07) is 0. The van der Waals surface area contributed by atoms with Gasteiger partial charge in [-0.2, -0.15) is 11.8 Å². The minimum absolute atomic E-state index is 0.0194. The summed E-state index contributed by atoms with van der Waals surface area (Å²) in [5.41, 5.74) is 0. The lowest BCUT2D eigenvalue weighted by atomic mass is 10.0. The van der Waals surface area contributed by atoms with E-state index < -0.39 is 0 Å². The van der Waals surface area contributed by atoms with Crippen LogP contribution in [0.3, 0.4) is 0 Å². The largest absolute Gasteiger partial charge is 0.369 e. The normalized spacial score (nSPS) is 11.9. The molecule has 16 heavy (non-hydrogen) atoms. The van der Waals surface area contributed by atoms with Gasteiger partial charge in [0, 0.05) is 11.3 Å². The molecule has 0 aliphatic heterocycles. The zero-order chi connectivity index (χ0) is 12.6. The first-order chi connectivity index (χ1) is 7.49. The second kappa shape index (κ2) is 7.96. The van der Waals surface area contributed by atoms with Crippen LogP contribution in [0.25, 0.3) is 0 Å². The molecule has 96 valence electrons. The van der Waals surface area contributed by atoms with E-state index in [2.05, 4.69) is 25.4 Å². The molecule has 0 aromatic carbocycles. The van der Waals surface area contributed by atoms with Crippen LogP contribution in [-0.4, -0.2) is 36.2 Å². The molecule has 0 atom stereocenters. The maximum absolute atomic E-state index is 11.5. The van der Waals surface area contributed by atoms with E-state index >= 15 is 0 Å². The highest BCUT2D eigenvalue weighted by Gasteiger charge is 2.25. The monoisotopic (exact) mass is 247 g/mol. The summed E-state index contributed by atoms with van der Waals surface area (Å²) < 4.78 is 5.43. The molecule has 3 nitrogen and oxygen atoms in total. The van der Waals surface area contributed by atoms with Gasteiger partial charge >= 0.3 is 0 Å². The van der Waals surface area contributed by atoms with E-state index in [9.17, 15) is 4.79 Å². The molecular formula is C12H25NO2S. The van der Waals surface area contributed by atoms with Crippen molar-refractivity contribution in [2.75, 3.05) is 19.4 Å². The van der Waals surface area contributed by atoms with E-state index in [-0.39, 0.29) is 23.4 Å². The molecule has 4 heteroatoms. The number of hydrogen-bond donors (Lipinski definition) is 1. The average molecular weight is 247 g/mol. The molecule has 0 rings (SSSR count). The van der Waals surface area contributed by atoms with Gasteiger partial charge in [0.2, 0.25) is 5.91 Å². The standard InChI is InChI=1S/C12H25NO2S/c1-6-12(7-2,16-5)9-13-11(14)8-15-10(3)4/h10H,6-9H2,1-5H3,(H,13,14). The van der Waals surface area contributed by atoms with Crippen LogP contribution in [0.2, 0.25) is 0 Å². The molecule has 1 N–H and O–H groups in total. The van der Waals surface area contributed by atoms with E-state index in [0.717, 1.165) is 19.4 Å². The van der Waals surface area contributed by atoms with Gasteiger partial charge in [-0.1, -0.05) is 13.8 Å². The lowest BCUT2D eigenvalue weighted by molar-refractivity contribution is -0.127. The van der Waals surface area contributed by atoms with Crippen molar-refractivity contribution >= 4 is 17.7 Å². The summed E-state index contributed by atoms with van der Waals surface area (Å²) in [6.45, 7) is 9.07. The maximum atomic E-state index is 11.5. The van der Waals surface area contributed by atoms with Gasteiger partial charge in [0.05, 0.1) is 6.10 Å². The number of hydrogen-bond acceptors (Lipinski definition) is 3. The highest BCUT2D eigenvalue weighted by molar-refractivity contribution is 8.00. The molecule has 0 fully saturated rings. The van der Waals surface area contributed by atoms with Crippen molar-refractivity contribution in [1.82, 2.24) is 5.32 Å². The Bertz CT molecular complexity index is 195. The number of carbonyl (C=O) groups is 1. The fourth-order valence-corrected chi connectivity index (χ4v) is 2.21. The van der Waals surface area contributed by atoms with Crippen molar-refractivity contribution in [3.8, 4) is 0 Å². The van der Waals surface area contributed by atoms with Crippen LogP contribution in [0.15, 0.2) is 0 Å². The van der Waals surface area contributed by atoms with Gasteiger partial charge in [-0.05, 0) is 32.9 Å². The third kappa shape index (κ3) is 5.75. The Morgan fingerprint density at radius 3 is 2.31 bits per heavy atom. The summed E-state index contributed by atoms with van der Waals surface area (Å²) in [4.78, 5) is 11.5. The molecule has 0 aliphatic carbocycles. The van der Waals surface area contributed by atoms with Crippen molar-refractivity contribution in [2.24, 2.45) is 0 Å². The summed E-state index contributed by atoms with van der Waals surface area (Å²) >= 11 is 1.83. The Labute approximate surface area is 104 Å². The first-order valence-electron chi connectivity index (χ1n) is 5.93. The van der Waals surface area contributed by atoms with Crippen molar-refractivity contribution < 1.29 is 9.53 Å². The molecule has 0 radical (unpaired) electrons. The Kier molecular flexibility index (Phi) is 7.85. The van der Waals surface area contributed by atoms with Crippen LogP contribution < -0.4 is 5.32 Å². The van der Waals surface area contributed by atoms with E-state index in [0.29, 0.717) is 0 Å². The van der Waals surface area contributed by atoms with Crippen LogP contribution in [0, 0.1) is 0 Å². The van der Waals surface area contributed by atoms with Crippen molar-refractivity contribution in [3.63, 3.8) is 0 Å². The van der Waals surface area contributed by atoms with Gasteiger partial charge in [-0.15, -0.1) is 0 Å². The topological polar surface area (TPSA) is 38.3 Å². The van der Waals surface area contributed by atoms with Gasteiger partial charge < -0.3 is 10.1 Å². The minimum Gasteiger partial charge on any atom is -0.369 e. The SMILES string of the molecule is CCC(CC)(CNC(=O)COC(C)C)SC. The van der Waals surface area contributed by atoms with Crippen LogP contribution in [0.4, 0.5) is 0 Å². The summed E-state index contributed by atoms with van der Waals surface area (Å²) in [7, 11) is 0. The van der Waals surface area contributed by atoms with Gasteiger partial charge in [-0.25, -0.2) is 0 Å². The van der Waals surface area contributed by atoms with Crippen LogP contribution >= 0.6 is 11.8 Å². The Morgan fingerprint density at radius 1 is 1.38 bits per heavy atom. The number of carbonyl (C=O) groups excluding carboxylic acids is 1. The summed E-state index contributed by atoms with van der Waals surface area (Å²) in [5, 5.41) is 2.95. The highest BCUT2D eigenvalue weighted by Crippen LogP contribution is 2.29. The van der Waals surface area contributed by atoms with Gasteiger partial charge in [0.25, 0.3) is 0 Å². The molecule has 0 aliphatic rings. The molecular weight excluding hydrogens is 222 g/mol. The molecule has 0 unspecified atom stereocenters. The van der Waals surface area contributed by atoms with E-state index in [1.54, 1.807) is 0 Å². The van der Waals surface area contributed by atoms with E-state index in [1.165, 1.54) is 0 Å². The first-order valence-corrected chi connectivity index (χ1v) is 7.15. The second-order valence-corrected chi connectivity index (χ2v) is 5.51. The third-order valence-electron chi connectivity index (χ3n) is 2.88. The third-order valence-corrected chi connectivity index (χ3v) is 4.46. The number of amides is 1. The van der Waals surface area contributed by atoms with Crippen molar-refractivity contribution in [2.45, 2.75) is 51.4 Å². The quantitative estimate of drug-likeness (QED) is 0.716. The molecule has 0 aromatic rings. The second-order valence-electron chi connectivity index (χ2n) is 4.23. The molecule has 1 amide bonds. The Hall–Kier alpha value is -0.220. The predicted octanol–water partition coefficient (Wildman–Crippen LogP) is 2.45. The number of nitrogens with one attached hydrogen (secondary N) is 1. The first kappa shape index (κ1) is 15.8. The molecule has 0 saturated heterocycles. The maximum Gasteiger partial charge on any atom is 0.246 e. The van der Waals surface area contributed by atoms with Gasteiger partial charge in [-0.3, -0.25) is 4.79 Å². The number of ether oxygens (including phenoxy) is 1. The fourth-order valence-electron chi connectivity index (χ4n) is 1.41. The molecule has 0 bridgehead atoms. The van der Waals surface area contributed by atoms with Crippen molar-refractivity contribution in [1.29, 1.82) is 0 Å². The molecule has 0 heterocycles. The molecule has 0 spiro atoms. The smallest absolute Gasteiger partial charge is 0.246 e. The predicted molar refractivity (Wildman–Crippen MR) is 70.9 cm³/mol. The Morgan fingerprint density at radius 2 is 1.94 bits per heavy atom.